The number of halogens is 1. The van der Waals surface area contributed by atoms with Crippen molar-refractivity contribution in [2.45, 2.75) is 17.4 Å². The third kappa shape index (κ3) is 4.51. The van der Waals surface area contributed by atoms with Crippen LogP contribution in [0.4, 0.5) is 5.69 Å². The fourth-order valence-corrected chi connectivity index (χ4v) is 3.12. The van der Waals surface area contributed by atoms with Crippen LogP contribution in [0.15, 0.2) is 52.1 Å². The van der Waals surface area contributed by atoms with E-state index in [4.69, 9.17) is 5.73 Å². The first-order chi connectivity index (χ1) is 9.69. The summed E-state index contributed by atoms with van der Waals surface area (Å²) in [5.74, 6) is 0.993. The van der Waals surface area contributed by atoms with Gasteiger partial charge in [-0.3, -0.25) is 4.98 Å². The van der Waals surface area contributed by atoms with Gasteiger partial charge in [0.25, 0.3) is 0 Å². The largest absolute Gasteiger partial charge is 0.398 e. The Morgan fingerprint density at radius 1 is 1.30 bits per heavy atom. The minimum Gasteiger partial charge on any atom is -0.398 e. The van der Waals surface area contributed by atoms with Gasteiger partial charge in [0.1, 0.15) is 0 Å². The molecule has 0 amide bonds. The van der Waals surface area contributed by atoms with Crippen LogP contribution >= 0.6 is 27.7 Å². The third-order valence-electron chi connectivity index (χ3n) is 3.08. The molecule has 1 atom stereocenters. The first-order valence-corrected chi connectivity index (χ1v) is 8.21. The number of aromatic nitrogens is 1. The normalized spacial score (nSPS) is 12.3. The molecule has 106 valence electrons. The van der Waals surface area contributed by atoms with Crippen LogP contribution in [0.3, 0.4) is 0 Å². The second-order valence-electron chi connectivity index (χ2n) is 4.53. The Balaban J connectivity index is 1.92. The lowest BCUT2D eigenvalue weighted by Crippen LogP contribution is -2.30. The van der Waals surface area contributed by atoms with Crippen LogP contribution in [0.2, 0.25) is 0 Å². The molecule has 1 unspecified atom stereocenters. The van der Waals surface area contributed by atoms with Crippen molar-refractivity contribution in [3.05, 3.63) is 52.8 Å². The summed E-state index contributed by atoms with van der Waals surface area (Å²) in [6.07, 6.45) is 4.47. The molecule has 1 aromatic heterocycles. The molecule has 1 heterocycles. The third-order valence-corrected chi connectivity index (χ3v) is 4.78. The second kappa shape index (κ2) is 7.67. The second-order valence-corrected chi connectivity index (χ2v) is 6.54. The Morgan fingerprint density at radius 3 is 2.70 bits per heavy atom. The van der Waals surface area contributed by atoms with E-state index in [9.17, 15) is 0 Å². The summed E-state index contributed by atoms with van der Waals surface area (Å²) in [5.41, 5.74) is 7.88. The number of thioether (sulfide) groups is 1. The fourth-order valence-electron chi connectivity index (χ4n) is 1.85. The van der Waals surface area contributed by atoms with E-state index in [-0.39, 0.29) is 0 Å². The molecule has 0 radical (unpaired) electrons. The van der Waals surface area contributed by atoms with Crippen molar-refractivity contribution in [1.82, 2.24) is 10.3 Å². The Morgan fingerprint density at radius 2 is 2.05 bits per heavy atom. The summed E-state index contributed by atoms with van der Waals surface area (Å²) in [4.78, 5) is 5.41. The molecule has 3 nitrogen and oxygen atoms in total. The molecular formula is C15H18BrN3S. The Labute approximate surface area is 132 Å². The van der Waals surface area contributed by atoms with E-state index in [0.717, 1.165) is 27.9 Å². The van der Waals surface area contributed by atoms with Gasteiger partial charge in [-0.2, -0.15) is 0 Å². The van der Waals surface area contributed by atoms with Crippen molar-refractivity contribution in [3.8, 4) is 0 Å². The zero-order valence-electron chi connectivity index (χ0n) is 11.3. The highest BCUT2D eigenvalue weighted by Gasteiger charge is 2.10. The molecule has 0 aliphatic rings. The molecule has 5 heteroatoms. The van der Waals surface area contributed by atoms with Crippen molar-refractivity contribution in [2.24, 2.45) is 0 Å². The predicted molar refractivity (Wildman–Crippen MR) is 90.1 cm³/mol. The van der Waals surface area contributed by atoms with E-state index in [1.807, 2.05) is 31.1 Å². The van der Waals surface area contributed by atoms with Crippen LogP contribution in [0, 0.1) is 0 Å². The highest BCUT2D eigenvalue weighted by atomic mass is 79.9. The van der Waals surface area contributed by atoms with Gasteiger partial charge in [0.05, 0.1) is 0 Å². The van der Waals surface area contributed by atoms with E-state index in [1.165, 1.54) is 4.90 Å². The van der Waals surface area contributed by atoms with Crippen LogP contribution in [-0.4, -0.2) is 23.8 Å². The molecule has 0 aliphatic carbocycles. The molecule has 1 aromatic carbocycles. The number of hydrogen-bond donors (Lipinski definition) is 2. The van der Waals surface area contributed by atoms with E-state index < -0.39 is 0 Å². The molecule has 20 heavy (non-hydrogen) atoms. The number of pyridine rings is 1. The summed E-state index contributed by atoms with van der Waals surface area (Å²) < 4.78 is 1.11. The van der Waals surface area contributed by atoms with Crippen molar-refractivity contribution in [2.75, 3.05) is 18.5 Å². The summed E-state index contributed by atoms with van der Waals surface area (Å²) in [7, 11) is 1.99. The maximum Gasteiger partial charge on any atom is 0.0378 e. The molecule has 0 spiro atoms. The lowest BCUT2D eigenvalue weighted by molar-refractivity contribution is 0.617. The average molecular weight is 352 g/mol. The molecule has 0 fully saturated rings. The fraction of sp³-hybridized carbons (Fsp3) is 0.267. The highest BCUT2D eigenvalue weighted by Crippen LogP contribution is 2.22. The van der Waals surface area contributed by atoms with Crippen molar-refractivity contribution < 1.29 is 0 Å². The Bertz CT molecular complexity index is 545. The van der Waals surface area contributed by atoms with Gasteiger partial charge in [-0.1, -0.05) is 15.9 Å². The summed E-state index contributed by atoms with van der Waals surface area (Å²) in [6.45, 7) is 0. The lowest BCUT2D eigenvalue weighted by atomic mass is 10.1. The van der Waals surface area contributed by atoms with Crippen LogP contribution < -0.4 is 11.1 Å². The quantitative estimate of drug-likeness (QED) is 0.783. The molecule has 2 rings (SSSR count). The van der Waals surface area contributed by atoms with Gasteiger partial charge in [-0.25, -0.2) is 0 Å². The summed E-state index contributed by atoms with van der Waals surface area (Å²) in [6, 6.07) is 10.6. The highest BCUT2D eigenvalue weighted by molar-refractivity contribution is 9.10. The average Bonchev–Trinajstić information content (AvgIpc) is 2.47. The minimum absolute atomic E-state index is 0.371. The standard InChI is InChI=1S/C15H18BrN3S/c1-18-13(8-11-9-19-7-6-15(11)17)10-20-14-4-2-12(16)3-5-14/h2-7,9,13,18H,8,10H2,1H3,(H2,17,19). The molecule has 2 aromatic rings. The number of nitrogens with one attached hydrogen (secondary N) is 1. The van der Waals surface area contributed by atoms with Gasteiger partial charge >= 0.3 is 0 Å². The lowest BCUT2D eigenvalue weighted by Gasteiger charge is -2.16. The zero-order chi connectivity index (χ0) is 14.4. The Kier molecular flexibility index (Phi) is 5.88. The van der Waals surface area contributed by atoms with Crippen molar-refractivity contribution in [1.29, 1.82) is 0 Å². The zero-order valence-corrected chi connectivity index (χ0v) is 13.7. The number of anilines is 1. The van der Waals surface area contributed by atoms with E-state index >= 15 is 0 Å². The van der Waals surface area contributed by atoms with Crippen LogP contribution in [0.1, 0.15) is 5.56 Å². The topological polar surface area (TPSA) is 50.9 Å². The number of nitrogen functional groups attached to an aromatic ring is 1. The molecule has 0 saturated carbocycles. The van der Waals surface area contributed by atoms with Crippen LogP contribution in [0.5, 0.6) is 0 Å². The first-order valence-electron chi connectivity index (χ1n) is 6.43. The maximum atomic E-state index is 5.97. The molecule has 0 saturated heterocycles. The minimum atomic E-state index is 0.371. The number of benzene rings is 1. The van der Waals surface area contributed by atoms with Gasteiger partial charge in [0.15, 0.2) is 0 Å². The molecular weight excluding hydrogens is 334 g/mol. The monoisotopic (exact) mass is 351 g/mol. The smallest absolute Gasteiger partial charge is 0.0378 e. The SMILES string of the molecule is CNC(CSc1ccc(Br)cc1)Cc1cnccc1N. The van der Waals surface area contributed by atoms with Crippen molar-refractivity contribution in [3.63, 3.8) is 0 Å². The van der Waals surface area contributed by atoms with E-state index in [2.05, 4.69) is 50.5 Å². The maximum absolute atomic E-state index is 5.97. The summed E-state index contributed by atoms with van der Waals surface area (Å²) >= 11 is 5.29. The van der Waals surface area contributed by atoms with Gasteiger partial charge < -0.3 is 11.1 Å². The van der Waals surface area contributed by atoms with E-state index in [0.29, 0.717) is 6.04 Å². The van der Waals surface area contributed by atoms with Crippen LogP contribution in [-0.2, 0) is 6.42 Å². The summed E-state index contributed by atoms with van der Waals surface area (Å²) in [5, 5.41) is 3.35. The van der Waals surface area contributed by atoms with Crippen molar-refractivity contribution >= 4 is 33.4 Å². The Hall–Kier alpha value is -1.04. The number of nitrogens with zero attached hydrogens (tertiary/aromatic N) is 1. The van der Waals surface area contributed by atoms with Crippen LogP contribution in [0.25, 0.3) is 0 Å². The van der Waals surface area contributed by atoms with Gasteiger partial charge in [-0.05, 0) is 49.4 Å². The van der Waals surface area contributed by atoms with Gasteiger partial charge in [0, 0.05) is 39.2 Å². The van der Waals surface area contributed by atoms with Gasteiger partial charge in [-0.15, -0.1) is 11.8 Å². The predicted octanol–water partition coefficient (Wildman–Crippen LogP) is 3.35. The molecule has 0 bridgehead atoms. The first kappa shape index (κ1) is 15.4. The number of likely N-dealkylation sites (N-methyl/N-ethyl adjacent to an activating group) is 1. The number of hydrogen-bond acceptors (Lipinski definition) is 4. The molecule has 3 N–H and O–H groups in total. The van der Waals surface area contributed by atoms with Gasteiger partial charge in [0.2, 0.25) is 0 Å². The van der Waals surface area contributed by atoms with E-state index in [1.54, 1.807) is 6.20 Å². The molecule has 0 aliphatic heterocycles. The number of nitrogens with two attached hydrogens (primary N) is 1. The number of rotatable bonds is 6.